The molecule has 0 aliphatic heterocycles. The van der Waals surface area contributed by atoms with E-state index in [1.54, 1.807) is 43.3 Å². The molecule has 2 aromatic rings. The van der Waals surface area contributed by atoms with Crippen molar-refractivity contribution >= 4 is 62.5 Å². The van der Waals surface area contributed by atoms with E-state index < -0.39 is 6.04 Å². The number of benzene rings is 2. The van der Waals surface area contributed by atoms with Gasteiger partial charge < -0.3 is 15.0 Å². The molecule has 0 radical (unpaired) electrons. The molecule has 1 atom stereocenters. The number of hydrogen-bond acceptors (Lipinski definition) is 3. The lowest BCUT2D eigenvalue weighted by Crippen LogP contribution is -2.49. The first kappa shape index (κ1) is 24.8. The third kappa shape index (κ3) is 6.77. The molecule has 2 rings (SSSR count). The number of carbonyl (C=O) groups is 2. The Kier molecular flexibility index (Phi) is 9.75. The maximum atomic E-state index is 13.0. The predicted molar refractivity (Wildman–Crippen MR) is 124 cm³/mol. The fraction of sp³-hybridized carbons (Fsp3) is 0.333. The average molecular weight is 537 g/mol. The molecule has 0 aliphatic carbocycles. The highest BCUT2D eigenvalue weighted by atomic mass is 79.9. The van der Waals surface area contributed by atoms with Gasteiger partial charge in [-0.2, -0.15) is 0 Å². The largest absolute Gasteiger partial charge is 0.483 e. The zero-order valence-corrected chi connectivity index (χ0v) is 20.4. The van der Waals surface area contributed by atoms with Gasteiger partial charge in [0.25, 0.3) is 5.91 Å². The summed E-state index contributed by atoms with van der Waals surface area (Å²) in [6, 6.07) is 9.35. The number of nitrogens with zero attached hydrogens (tertiary/aromatic N) is 1. The van der Waals surface area contributed by atoms with Crippen LogP contribution >= 0.6 is 50.7 Å². The third-order valence-corrected chi connectivity index (χ3v) is 5.91. The second kappa shape index (κ2) is 11.8. The molecule has 9 heteroatoms. The molecule has 0 unspecified atom stereocenters. The Morgan fingerprint density at radius 1 is 1.17 bits per heavy atom. The minimum atomic E-state index is -0.742. The van der Waals surface area contributed by atoms with Gasteiger partial charge in [-0.1, -0.05) is 47.8 Å². The van der Waals surface area contributed by atoms with Crippen LogP contribution in [-0.2, 0) is 16.1 Å². The molecule has 0 spiro atoms. The van der Waals surface area contributed by atoms with Crippen LogP contribution in [-0.4, -0.2) is 35.9 Å². The van der Waals surface area contributed by atoms with Crippen molar-refractivity contribution < 1.29 is 14.3 Å². The normalized spacial score (nSPS) is 11.7. The molecule has 30 heavy (non-hydrogen) atoms. The van der Waals surface area contributed by atoms with Crippen molar-refractivity contribution in [3.63, 3.8) is 0 Å². The maximum Gasteiger partial charge on any atom is 0.261 e. The summed E-state index contributed by atoms with van der Waals surface area (Å²) < 4.78 is 6.27. The van der Waals surface area contributed by atoms with E-state index in [-0.39, 0.29) is 25.0 Å². The molecule has 0 aliphatic rings. The van der Waals surface area contributed by atoms with Crippen LogP contribution in [0.1, 0.15) is 25.8 Å². The maximum absolute atomic E-state index is 13.0. The summed E-state index contributed by atoms with van der Waals surface area (Å²) in [6.45, 7) is 3.93. The van der Waals surface area contributed by atoms with Crippen molar-refractivity contribution in [2.24, 2.45) is 0 Å². The van der Waals surface area contributed by atoms with E-state index in [0.717, 1.165) is 6.42 Å². The average Bonchev–Trinajstić information content (AvgIpc) is 2.70. The molecule has 0 saturated carbocycles. The number of hydrogen-bond donors (Lipinski definition) is 1. The molecule has 162 valence electrons. The lowest BCUT2D eigenvalue weighted by Gasteiger charge is -2.29. The zero-order chi connectivity index (χ0) is 22.3. The summed E-state index contributed by atoms with van der Waals surface area (Å²) in [5, 5.41) is 4.19. The molecular weight excluding hydrogens is 515 g/mol. The first-order valence-electron chi connectivity index (χ1n) is 9.32. The molecule has 0 fully saturated rings. The van der Waals surface area contributed by atoms with E-state index in [4.69, 9.17) is 39.5 Å². The lowest BCUT2D eigenvalue weighted by molar-refractivity contribution is -0.142. The Labute approximate surface area is 199 Å². The number of rotatable bonds is 9. The summed E-state index contributed by atoms with van der Waals surface area (Å²) in [5.41, 5.74) is 0.567. The number of halogens is 4. The van der Waals surface area contributed by atoms with Crippen molar-refractivity contribution in [3.8, 4) is 5.75 Å². The van der Waals surface area contributed by atoms with Crippen LogP contribution in [0.5, 0.6) is 5.75 Å². The van der Waals surface area contributed by atoms with Crippen molar-refractivity contribution in [3.05, 3.63) is 61.5 Å². The summed E-state index contributed by atoms with van der Waals surface area (Å²) in [7, 11) is 0. The minimum absolute atomic E-state index is 0.0726. The van der Waals surface area contributed by atoms with E-state index >= 15 is 0 Å². The molecule has 2 aromatic carbocycles. The highest BCUT2D eigenvalue weighted by molar-refractivity contribution is 9.10. The predicted octanol–water partition coefficient (Wildman–Crippen LogP) is 5.73. The van der Waals surface area contributed by atoms with Gasteiger partial charge in [0.05, 0.1) is 4.47 Å². The fourth-order valence-electron chi connectivity index (χ4n) is 2.65. The quantitative estimate of drug-likeness (QED) is 0.445. The highest BCUT2D eigenvalue weighted by Gasteiger charge is 2.27. The van der Waals surface area contributed by atoms with E-state index in [0.29, 0.717) is 37.4 Å². The van der Waals surface area contributed by atoms with E-state index in [9.17, 15) is 9.59 Å². The molecule has 1 N–H and O–H groups in total. The Hall–Kier alpha value is -1.47. The number of ether oxygens (including phenoxy) is 1. The van der Waals surface area contributed by atoms with Crippen LogP contribution in [0.2, 0.25) is 15.1 Å². The summed E-state index contributed by atoms with van der Waals surface area (Å²) in [5.74, 6) is -0.181. The molecule has 5 nitrogen and oxygen atoms in total. The molecular formula is C21H22BrCl3N2O3. The van der Waals surface area contributed by atoms with Gasteiger partial charge in [-0.05, 0) is 59.6 Å². The second-order valence-corrected chi connectivity index (χ2v) is 8.66. The van der Waals surface area contributed by atoms with Crippen molar-refractivity contribution in [1.29, 1.82) is 0 Å². The summed E-state index contributed by atoms with van der Waals surface area (Å²) >= 11 is 21.9. The van der Waals surface area contributed by atoms with Crippen molar-refractivity contribution in [2.75, 3.05) is 13.2 Å². The van der Waals surface area contributed by atoms with Gasteiger partial charge >= 0.3 is 0 Å². The van der Waals surface area contributed by atoms with Gasteiger partial charge in [0.1, 0.15) is 11.8 Å². The smallest absolute Gasteiger partial charge is 0.261 e. The van der Waals surface area contributed by atoms with Crippen LogP contribution in [0, 0.1) is 0 Å². The van der Waals surface area contributed by atoms with Crippen molar-refractivity contribution in [2.45, 2.75) is 32.9 Å². The monoisotopic (exact) mass is 534 g/mol. The summed E-state index contributed by atoms with van der Waals surface area (Å²) in [6.07, 6.45) is 0.788. The first-order chi connectivity index (χ1) is 14.2. The fourth-order valence-corrected chi connectivity index (χ4v) is 3.96. The Morgan fingerprint density at radius 3 is 2.43 bits per heavy atom. The van der Waals surface area contributed by atoms with Crippen LogP contribution in [0.4, 0.5) is 0 Å². The van der Waals surface area contributed by atoms with E-state index in [2.05, 4.69) is 21.2 Å². The SMILES string of the molecule is CCCNC(=O)[C@@H](C)N(Cc1c(Cl)cccc1Cl)C(=O)COc1ccc(Cl)cc1Br. The van der Waals surface area contributed by atoms with Crippen LogP contribution in [0.15, 0.2) is 40.9 Å². The van der Waals surface area contributed by atoms with Crippen molar-refractivity contribution in [1.82, 2.24) is 10.2 Å². The Balaban J connectivity index is 2.22. The molecule has 0 saturated heterocycles. The number of nitrogens with one attached hydrogen (secondary N) is 1. The van der Waals surface area contributed by atoms with Gasteiger partial charge in [0.2, 0.25) is 5.91 Å². The summed E-state index contributed by atoms with van der Waals surface area (Å²) in [4.78, 5) is 27.0. The Bertz CT molecular complexity index is 891. The minimum Gasteiger partial charge on any atom is -0.483 e. The van der Waals surface area contributed by atoms with Gasteiger partial charge in [0.15, 0.2) is 6.61 Å². The third-order valence-electron chi connectivity index (χ3n) is 4.35. The van der Waals surface area contributed by atoms with Gasteiger partial charge in [-0.15, -0.1) is 0 Å². The zero-order valence-electron chi connectivity index (χ0n) is 16.6. The number of amides is 2. The van der Waals surface area contributed by atoms with Gasteiger partial charge in [0, 0.05) is 33.7 Å². The highest BCUT2D eigenvalue weighted by Crippen LogP contribution is 2.29. The first-order valence-corrected chi connectivity index (χ1v) is 11.2. The molecule has 2 amide bonds. The van der Waals surface area contributed by atoms with E-state index in [1.807, 2.05) is 6.92 Å². The van der Waals surface area contributed by atoms with E-state index in [1.165, 1.54) is 4.90 Å². The molecule has 0 bridgehead atoms. The lowest BCUT2D eigenvalue weighted by atomic mass is 10.1. The standard InChI is InChI=1S/C21H22BrCl3N2O3/c1-3-9-26-21(29)13(2)27(11-15-17(24)5-4-6-18(15)25)20(28)12-30-19-8-7-14(23)10-16(19)22/h4-8,10,13H,3,9,11-12H2,1-2H3,(H,26,29)/t13-/m1/s1. The van der Waals surface area contributed by atoms with Crippen LogP contribution in [0.3, 0.4) is 0 Å². The van der Waals surface area contributed by atoms with Gasteiger partial charge in [-0.3, -0.25) is 9.59 Å². The Morgan fingerprint density at radius 2 is 1.83 bits per heavy atom. The second-order valence-electron chi connectivity index (χ2n) is 6.55. The van der Waals surface area contributed by atoms with Gasteiger partial charge in [-0.25, -0.2) is 0 Å². The molecule has 0 heterocycles. The molecule has 0 aromatic heterocycles. The number of carbonyl (C=O) groups excluding carboxylic acids is 2. The topological polar surface area (TPSA) is 58.6 Å². The van der Waals surface area contributed by atoms with Crippen LogP contribution < -0.4 is 10.1 Å². The van der Waals surface area contributed by atoms with Crippen LogP contribution in [0.25, 0.3) is 0 Å².